The predicted octanol–water partition coefficient (Wildman–Crippen LogP) is 4.87. The number of halogens is 2. The number of pyridine rings is 1. The standard InChI is InChI=1S/C22H23FIN3O5/c1-22(2,3)32-21(30)27-10-13(20(28)29)8-12-4-5-16(14(23)9-12)31-17-6-7-25-19-18(17)15(24)11-26-19/h4-7,9,11,13H,8,10H2,1-3H3,(H,25,26)(H,27,30)(H,28,29). The maximum absolute atomic E-state index is 14.7. The molecule has 0 radical (unpaired) electrons. The monoisotopic (exact) mass is 555 g/mol. The van der Waals surface area contributed by atoms with Crippen LogP contribution in [0.25, 0.3) is 11.0 Å². The number of amides is 1. The number of rotatable bonds is 7. The zero-order chi connectivity index (χ0) is 23.5. The third-order valence-corrected chi connectivity index (χ3v) is 5.28. The summed E-state index contributed by atoms with van der Waals surface area (Å²) in [5.41, 5.74) is 0.399. The van der Waals surface area contributed by atoms with Crippen molar-refractivity contribution in [3.8, 4) is 11.5 Å². The highest BCUT2D eigenvalue weighted by molar-refractivity contribution is 14.1. The molecule has 8 nitrogen and oxygen atoms in total. The first-order chi connectivity index (χ1) is 15.0. The van der Waals surface area contributed by atoms with Crippen LogP contribution in [0.2, 0.25) is 0 Å². The van der Waals surface area contributed by atoms with Crippen molar-refractivity contribution in [2.24, 2.45) is 5.92 Å². The van der Waals surface area contributed by atoms with Gasteiger partial charge in [0, 0.05) is 22.5 Å². The molecule has 2 aromatic heterocycles. The molecule has 2 heterocycles. The number of carboxylic acids is 1. The summed E-state index contributed by atoms with van der Waals surface area (Å²) in [6.07, 6.45) is 2.66. The largest absolute Gasteiger partial charge is 0.481 e. The number of benzene rings is 1. The second-order valence-corrected chi connectivity index (χ2v) is 9.32. The number of carbonyl (C=O) groups is 2. The van der Waals surface area contributed by atoms with Crippen LogP contribution in [-0.2, 0) is 16.0 Å². The molecular formula is C22H23FIN3O5. The fourth-order valence-electron chi connectivity index (χ4n) is 3.00. The second kappa shape index (κ2) is 9.72. The van der Waals surface area contributed by atoms with Gasteiger partial charge in [0.15, 0.2) is 11.6 Å². The summed E-state index contributed by atoms with van der Waals surface area (Å²) in [4.78, 5) is 30.6. The third-order valence-electron chi connectivity index (χ3n) is 4.43. The molecule has 0 saturated carbocycles. The Bertz CT molecular complexity index is 1140. The van der Waals surface area contributed by atoms with E-state index < -0.39 is 29.4 Å². The summed E-state index contributed by atoms with van der Waals surface area (Å²) >= 11 is 2.13. The van der Waals surface area contributed by atoms with Gasteiger partial charge in [0.1, 0.15) is 17.0 Å². The van der Waals surface area contributed by atoms with Gasteiger partial charge in [0.25, 0.3) is 0 Å². The Labute approximate surface area is 197 Å². The van der Waals surface area contributed by atoms with Crippen molar-refractivity contribution >= 4 is 45.7 Å². The second-order valence-electron chi connectivity index (χ2n) is 8.16. The van der Waals surface area contributed by atoms with E-state index in [4.69, 9.17) is 9.47 Å². The molecule has 0 saturated heterocycles. The molecule has 0 bridgehead atoms. The number of nitrogens with one attached hydrogen (secondary N) is 2. The minimum Gasteiger partial charge on any atom is -0.481 e. The Morgan fingerprint density at radius 2 is 2.03 bits per heavy atom. The molecule has 1 amide bonds. The molecule has 0 fully saturated rings. The molecule has 1 atom stereocenters. The molecule has 0 aliphatic rings. The van der Waals surface area contributed by atoms with Crippen molar-refractivity contribution in [1.82, 2.24) is 15.3 Å². The molecule has 170 valence electrons. The minimum absolute atomic E-state index is 0.0111. The average Bonchev–Trinajstić information content (AvgIpc) is 3.07. The molecule has 0 aliphatic carbocycles. The van der Waals surface area contributed by atoms with Crippen molar-refractivity contribution in [2.45, 2.75) is 32.8 Å². The van der Waals surface area contributed by atoms with E-state index >= 15 is 0 Å². The summed E-state index contributed by atoms with van der Waals surface area (Å²) in [7, 11) is 0. The first-order valence-electron chi connectivity index (χ1n) is 9.81. The van der Waals surface area contributed by atoms with Crippen LogP contribution in [-0.4, -0.2) is 39.3 Å². The molecular weight excluding hydrogens is 532 g/mol. The van der Waals surface area contributed by atoms with Crippen LogP contribution in [0.3, 0.4) is 0 Å². The molecule has 1 unspecified atom stereocenters. The van der Waals surface area contributed by atoms with Crippen molar-refractivity contribution in [2.75, 3.05) is 6.54 Å². The number of carbonyl (C=O) groups excluding carboxylic acids is 1. The quantitative estimate of drug-likeness (QED) is 0.359. The van der Waals surface area contributed by atoms with E-state index in [1.165, 1.54) is 12.1 Å². The SMILES string of the molecule is CC(C)(C)OC(=O)NCC(Cc1ccc(Oc2ccnc3[nH]cc(I)c23)c(F)c1)C(=O)O. The molecule has 1 aromatic carbocycles. The number of H-pyrrole nitrogens is 1. The highest BCUT2D eigenvalue weighted by Crippen LogP contribution is 2.33. The Balaban J connectivity index is 1.70. The molecule has 3 N–H and O–H groups in total. The van der Waals surface area contributed by atoms with E-state index in [0.717, 1.165) is 8.96 Å². The van der Waals surface area contributed by atoms with E-state index in [1.807, 2.05) is 0 Å². The van der Waals surface area contributed by atoms with Crippen LogP contribution >= 0.6 is 22.6 Å². The van der Waals surface area contributed by atoms with Gasteiger partial charge in [-0.05, 0) is 73.5 Å². The minimum atomic E-state index is -1.11. The van der Waals surface area contributed by atoms with Crippen LogP contribution in [0.15, 0.2) is 36.7 Å². The zero-order valence-electron chi connectivity index (χ0n) is 17.7. The summed E-state index contributed by atoms with van der Waals surface area (Å²) in [6.45, 7) is 4.98. The smallest absolute Gasteiger partial charge is 0.407 e. The van der Waals surface area contributed by atoms with Crippen LogP contribution < -0.4 is 10.1 Å². The number of hydrogen-bond acceptors (Lipinski definition) is 5. The number of alkyl carbamates (subject to hydrolysis) is 1. The highest BCUT2D eigenvalue weighted by atomic mass is 127. The van der Waals surface area contributed by atoms with E-state index in [0.29, 0.717) is 17.0 Å². The number of aromatic amines is 1. The topological polar surface area (TPSA) is 114 Å². The Kier molecular flexibility index (Phi) is 7.22. The average molecular weight is 555 g/mol. The van der Waals surface area contributed by atoms with Gasteiger partial charge >= 0.3 is 12.1 Å². The lowest BCUT2D eigenvalue weighted by Gasteiger charge is -2.21. The molecule has 0 aliphatic heterocycles. The molecule has 32 heavy (non-hydrogen) atoms. The normalized spacial score (nSPS) is 12.4. The number of ether oxygens (including phenoxy) is 2. The fourth-order valence-corrected chi connectivity index (χ4v) is 3.67. The fraction of sp³-hybridized carbons (Fsp3) is 0.318. The molecule has 3 aromatic rings. The number of hydrogen-bond donors (Lipinski definition) is 3. The maximum atomic E-state index is 14.7. The zero-order valence-corrected chi connectivity index (χ0v) is 19.9. The number of nitrogens with zero attached hydrogens (tertiary/aromatic N) is 1. The van der Waals surface area contributed by atoms with E-state index in [-0.39, 0.29) is 18.7 Å². The number of fused-ring (bicyclic) bond motifs is 1. The molecule has 3 rings (SSSR count). The van der Waals surface area contributed by atoms with Crippen molar-refractivity contribution in [3.63, 3.8) is 0 Å². The van der Waals surface area contributed by atoms with E-state index in [2.05, 4.69) is 37.9 Å². The number of aromatic nitrogens is 2. The lowest BCUT2D eigenvalue weighted by molar-refractivity contribution is -0.141. The van der Waals surface area contributed by atoms with Crippen LogP contribution in [0.5, 0.6) is 11.5 Å². The molecule has 0 spiro atoms. The van der Waals surface area contributed by atoms with Gasteiger partial charge in [0.05, 0.1) is 11.3 Å². The number of aliphatic carboxylic acids is 1. The van der Waals surface area contributed by atoms with Gasteiger partial charge in [-0.25, -0.2) is 14.2 Å². The lowest BCUT2D eigenvalue weighted by atomic mass is 9.99. The first kappa shape index (κ1) is 23.8. The van der Waals surface area contributed by atoms with Gasteiger partial charge in [-0.2, -0.15) is 0 Å². The third kappa shape index (κ3) is 6.09. The van der Waals surface area contributed by atoms with Gasteiger partial charge < -0.3 is 24.9 Å². The van der Waals surface area contributed by atoms with Gasteiger partial charge in [0.2, 0.25) is 0 Å². The summed E-state index contributed by atoms with van der Waals surface area (Å²) in [6, 6.07) is 5.94. The van der Waals surface area contributed by atoms with Gasteiger partial charge in [-0.15, -0.1) is 0 Å². The number of carboxylic acid groups (broad SMARTS) is 1. The van der Waals surface area contributed by atoms with E-state index in [9.17, 15) is 19.1 Å². The Morgan fingerprint density at radius 1 is 1.28 bits per heavy atom. The maximum Gasteiger partial charge on any atom is 0.407 e. The van der Waals surface area contributed by atoms with E-state index in [1.54, 1.807) is 45.3 Å². The van der Waals surface area contributed by atoms with Crippen LogP contribution in [0.1, 0.15) is 26.3 Å². The lowest BCUT2D eigenvalue weighted by Crippen LogP contribution is -2.37. The Hall–Kier alpha value is -2.89. The van der Waals surface area contributed by atoms with Gasteiger partial charge in [-0.1, -0.05) is 6.07 Å². The predicted molar refractivity (Wildman–Crippen MR) is 124 cm³/mol. The Morgan fingerprint density at radius 3 is 2.69 bits per heavy atom. The van der Waals surface area contributed by atoms with Crippen LogP contribution in [0.4, 0.5) is 9.18 Å². The first-order valence-corrected chi connectivity index (χ1v) is 10.9. The van der Waals surface area contributed by atoms with Gasteiger partial charge in [-0.3, -0.25) is 4.79 Å². The van der Waals surface area contributed by atoms with Crippen LogP contribution in [0, 0.1) is 15.3 Å². The summed E-state index contributed by atoms with van der Waals surface area (Å²) < 4.78 is 26.5. The summed E-state index contributed by atoms with van der Waals surface area (Å²) in [5, 5.41) is 12.7. The van der Waals surface area contributed by atoms with Crippen molar-refractivity contribution in [3.05, 3.63) is 51.6 Å². The summed E-state index contributed by atoms with van der Waals surface area (Å²) in [5.74, 6) is -2.21. The van der Waals surface area contributed by atoms with Crippen molar-refractivity contribution < 1.29 is 28.6 Å². The highest BCUT2D eigenvalue weighted by Gasteiger charge is 2.22. The van der Waals surface area contributed by atoms with Crippen molar-refractivity contribution in [1.29, 1.82) is 0 Å². The molecule has 10 heteroatoms.